The molecule has 1 amide bonds. The fourth-order valence-electron chi connectivity index (χ4n) is 1.53. The predicted molar refractivity (Wildman–Crippen MR) is 71.2 cm³/mol. The molecule has 7 heteroatoms. The van der Waals surface area contributed by atoms with Crippen LogP contribution in [0.5, 0.6) is 0 Å². The molecule has 1 atom stereocenters. The molecule has 2 N–H and O–H groups in total. The van der Waals surface area contributed by atoms with Crippen molar-refractivity contribution in [1.29, 1.82) is 0 Å². The van der Waals surface area contributed by atoms with Crippen molar-refractivity contribution < 1.29 is 18.7 Å². The average molecular weight is 306 g/mol. The number of aliphatic hydroxyl groups excluding tert-OH is 1. The first-order valence-electron chi connectivity index (χ1n) is 5.42. The quantitative estimate of drug-likeness (QED) is 0.912. The van der Waals surface area contributed by atoms with Gasteiger partial charge in [-0.15, -0.1) is 11.3 Å². The first-order chi connectivity index (χ1) is 9.00. The molecule has 0 fully saturated rings. The molecule has 0 bridgehead atoms. The van der Waals surface area contributed by atoms with Crippen molar-refractivity contribution in [3.63, 3.8) is 0 Å². The predicted octanol–water partition coefficient (Wildman–Crippen LogP) is 2.91. The number of hydrogen-bond acceptors (Lipinski definition) is 3. The van der Waals surface area contributed by atoms with Gasteiger partial charge in [-0.05, 0) is 6.07 Å². The van der Waals surface area contributed by atoms with Crippen molar-refractivity contribution in [2.24, 2.45) is 0 Å². The second-order valence-corrected chi connectivity index (χ2v) is 5.28. The molecule has 0 spiro atoms. The molecule has 3 nitrogen and oxygen atoms in total. The molecule has 102 valence electrons. The van der Waals surface area contributed by atoms with Crippen LogP contribution in [0, 0.1) is 0 Å². The Kier molecular flexibility index (Phi) is 4.34. The summed E-state index contributed by atoms with van der Waals surface area (Å²) in [5, 5.41) is 12.2. The molecule has 1 aromatic heterocycles. The smallest absolute Gasteiger partial charge is 0.265 e. The lowest BCUT2D eigenvalue weighted by Crippen LogP contribution is -2.35. The van der Waals surface area contributed by atoms with E-state index < -0.39 is 25.0 Å². The van der Waals surface area contributed by atoms with E-state index in [0.717, 1.165) is 10.1 Å². The number of fused-ring (bicyclic) bond motifs is 1. The van der Waals surface area contributed by atoms with E-state index in [1.165, 1.54) is 11.3 Å². The molecule has 0 aliphatic rings. The Labute approximate surface area is 116 Å². The van der Waals surface area contributed by atoms with Gasteiger partial charge >= 0.3 is 0 Å². The molecule has 2 aromatic rings. The van der Waals surface area contributed by atoms with Gasteiger partial charge in [-0.2, -0.15) is 0 Å². The third-order valence-corrected chi connectivity index (χ3v) is 4.18. The maximum absolute atomic E-state index is 12.1. The molecule has 0 radical (unpaired) electrons. The van der Waals surface area contributed by atoms with Crippen molar-refractivity contribution in [2.45, 2.75) is 12.5 Å². The Hall–Kier alpha value is -1.24. The van der Waals surface area contributed by atoms with Gasteiger partial charge in [-0.25, -0.2) is 8.78 Å². The van der Waals surface area contributed by atoms with E-state index in [2.05, 4.69) is 5.32 Å². The largest absolute Gasteiger partial charge is 0.385 e. The molecular weight excluding hydrogens is 296 g/mol. The SMILES string of the molecule is O=C(NCC(O)C(F)F)c1sc2ccccc2c1Cl. The van der Waals surface area contributed by atoms with Gasteiger partial charge in [0, 0.05) is 16.6 Å². The van der Waals surface area contributed by atoms with E-state index >= 15 is 0 Å². The number of aliphatic hydroxyl groups is 1. The van der Waals surface area contributed by atoms with Gasteiger partial charge in [0.25, 0.3) is 12.3 Å². The van der Waals surface area contributed by atoms with Crippen LogP contribution in [0.1, 0.15) is 9.67 Å². The lowest BCUT2D eigenvalue weighted by atomic mass is 10.2. The van der Waals surface area contributed by atoms with Gasteiger partial charge in [0.1, 0.15) is 11.0 Å². The van der Waals surface area contributed by atoms with Gasteiger partial charge in [-0.1, -0.05) is 29.8 Å². The third-order valence-electron chi connectivity index (χ3n) is 2.50. The molecule has 0 aliphatic heterocycles. The molecule has 1 heterocycles. The third kappa shape index (κ3) is 3.02. The summed E-state index contributed by atoms with van der Waals surface area (Å²) in [4.78, 5) is 12.1. The first-order valence-corrected chi connectivity index (χ1v) is 6.61. The summed E-state index contributed by atoms with van der Waals surface area (Å²) < 4.78 is 25.0. The van der Waals surface area contributed by atoms with Crippen LogP contribution in [0.15, 0.2) is 24.3 Å². The summed E-state index contributed by atoms with van der Waals surface area (Å²) in [6.45, 7) is -0.513. The number of carbonyl (C=O) groups is 1. The van der Waals surface area contributed by atoms with Crippen LogP contribution < -0.4 is 5.32 Å². The summed E-state index contributed by atoms with van der Waals surface area (Å²) in [5.41, 5.74) is 0. The summed E-state index contributed by atoms with van der Waals surface area (Å²) in [5.74, 6) is -0.564. The highest BCUT2D eigenvalue weighted by Gasteiger charge is 2.20. The number of amides is 1. The number of nitrogens with one attached hydrogen (secondary N) is 1. The lowest BCUT2D eigenvalue weighted by Gasteiger charge is -2.09. The van der Waals surface area contributed by atoms with Crippen molar-refractivity contribution in [3.05, 3.63) is 34.2 Å². The number of halogens is 3. The van der Waals surface area contributed by atoms with Crippen molar-refractivity contribution in [1.82, 2.24) is 5.32 Å². The summed E-state index contributed by atoms with van der Waals surface area (Å²) in [6, 6.07) is 7.20. The van der Waals surface area contributed by atoms with E-state index in [4.69, 9.17) is 16.7 Å². The Morgan fingerprint density at radius 1 is 1.42 bits per heavy atom. The molecule has 0 aliphatic carbocycles. The Bertz CT molecular complexity index is 602. The molecule has 19 heavy (non-hydrogen) atoms. The van der Waals surface area contributed by atoms with E-state index in [1.807, 2.05) is 12.1 Å². The van der Waals surface area contributed by atoms with E-state index in [-0.39, 0.29) is 4.88 Å². The van der Waals surface area contributed by atoms with E-state index in [9.17, 15) is 13.6 Å². The number of benzene rings is 1. The molecule has 0 saturated heterocycles. The van der Waals surface area contributed by atoms with Crippen LogP contribution in [0.25, 0.3) is 10.1 Å². The van der Waals surface area contributed by atoms with Gasteiger partial charge in [0.2, 0.25) is 0 Å². The lowest BCUT2D eigenvalue weighted by molar-refractivity contribution is -0.00267. The van der Waals surface area contributed by atoms with Crippen molar-refractivity contribution in [3.8, 4) is 0 Å². The highest BCUT2D eigenvalue weighted by Crippen LogP contribution is 2.34. The standard InChI is InChI=1S/C12H10ClF2NO2S/c13-9-6-3-1-2-4-8(6)19-10(9)12(18)16-5-7(17)11(14)15/h1-4,7,11,17H,5H2,(H,16,18). The number of rotatable bonds is 4. The molecule has 2 rings (SSSR count). The van der Waals surface area contributed by atoms with E-state index in [0.29, 0.717) is 5.02 Å². The van der Waals surface area contributed by atoms with Crippen molar-refractivity contribution >= 4 is 38.9 Å². The van der Waals surface area contributed by atoms with Crippen LogP contribution in [0.3, 0.4) is 0 Å². The topological polar surface area (TPSA) is 49.3 Å². The van der Waals surface area contributed by atoms with Gasteiger partial charge in [-0.3, -0.25) is 4.79 Å². The minimum atomic E-state index is -2.89. The second-order valence-electron chi connectivity index (χ2n) is 3.85. The fourth-order valence-corrected chi connectivity index (χ4v) is 2.96. The van der Waals surface area contributed by atoms with Crippen LogP contribution in [0.4, 0.5) is 8.78 Å². The maximum atomic E-state index is 12.1. The highest BCUT2D eigenvalue weighted by atomic mass is 35.5. The Morgan fingerprint density at radius 3 is 2.74 bits per heavy atom. The zero-order valence-electron chi connectivity index (χ0n) is 9.57. The number of thiophene rings is 1. The molecule has 0 saturated carbocycles. The molecular formula is C12H10ClF2NO2S. The van der Waals surface area contributed by atoms with Gasteiger partial charge < -0.3 is 10.4 Å². The minimum Gasteiger partial charge on any atom is -0.385 e. The van der Waals surface area contributed by atoms with Gasteiger partial charge in [0.05, 0.1) is 5.02 Å². The summed E-state index contributed by atoms with van der Waals surface area (Å²) >= 11 is 7.25. The minimum absolute atomic E-state index is 0.254. The monoisotopic (exact) mass is 305 g/mol. The number of hydrogen-bond donors (Lipinski definition) is 2. The Balaban J connectivity index is 2.16. The van der Waals surface area contributed by atoms with Crippen LogP contribution in [-0.2, 0) is 0 Å². The fraction of sp³-hybridized carbons (Fsp3) is 0.250. The summed E-state index contributed by atoms with van der Waals surface area (Å²) in [7, 11) is 0. The number of carbonyl (C=O) groups excluding carboxylic acids is 1. The van der Waals surface area contributed by atoms with Crippen LogP contribution in [0.2, 0.25) is 5.02 Å². The Morgan fingerprint density at radius 2 is 2.11 bits per heavy atom. The number of alkyl halides is 2. The summed E-state index contributed by atoms with van der Waals surface area (Å²) in [6.07, 6.45) is -4.77. The molecule has 1 aromatic carbocycles. The zero-order valence-corrected chi connectivity index (χ0v) is 11.1. The maximum Gasteiger partial charge on any atom is 0.265 e. The first kappa shape index (κ1) is 14.2. The van der Waals surface area contributed by atoms with Crippen LogP contribution >= 0.6 is 22.9 Å². The zero-order chi connectivity index (χ0) is 14.0. The van der Waals surface area contributed by atoms with E-state index in [1.54, 1.807) is 12.1 Å². The highest BCUT2D eigenvalue weighted by molar-refractivity contribution is 7.21. The average Bonchev–Trinajstić information content (AvgIpc) is 2.73. The second kappa shape index (κ2) is 5.81. The van der Waals surface area contributed by atoms with Gasteiger partial charge in [0.15, 0.2) is 0 Å². The normalized spacial score (nSPS) is 12.9. The van der Waals surface area contributed by atoms with Crippen LogP contribution in [-0.4, -0.2) is 30.1 Å². The van der Waals surface area contributed by atoms with Crippen molar-refractivity contribution in [2.75, 3.05) is 6.54 Å². The molecule has 1 unspecified atom stereocenters.